The fourth-order valence-corrected chi connectivity index (χ4v) is 2.70. The van der Waals surface area contributed by atoms with Gasteiger partial charge in [-0.2, -0.15) is 0 Å². The van der Waals surface area contributed by atoms with Crippen LogP contribution in [0.15, 0.2) is 18.2 Å². The van der Waals surface area contributed by atoms with Crippen LogP contribution in [0.25, 0.3) is 0 Å². The summed E-state index contributed by atoms with van der Waals surface area (Å²) in [4.78, 5) is 13.9. The largest absolute Gasteiger partial charge is 0.482 e. The Morgan fingerprint density at radius 1 is 1.38 bits per heavy atom. The van der Waals surface area contributed by atoms with Gasteiger partial charge >= 0.3 is 0 Å². The number of nitrogens with zero attached hydrogens (tertiary/aromatic N) is 1. The Hall–Kier alpha value is -0.680. The minimum atomic E-state index is -0.00873. The lowest BCUT2D eigenvalue weighted by Crippen LogP contribution is -2.45. The maximum atomic E-state index is 12.1. The Bertz CT molecular complexity index is 477. The predicted molar refractivity (Wildman–Crippen MR) is 87.9 cm³/mol. The van der Waals surface area contributed by atoms with Crippen molar-refractivity contribution < 1.29 is 9.53 Å². The lowest BCUT2D eigenvalue weighted by molar-refractivity contribution is -0.134. The lowest BCUT2D eigenvalue weighted by atomic mass is 10.1. The number of carbonyl (C=O) groups is 1. The maximum Gasteiger partial charge on any atom is 0.260 e. The Balaban J connectivity index is 0.00000220. The molecule has 0 saturated carbocycles. The molecule has 1 aliphatic heterocycles. The van der Waals surface area contributed by atoms with Crippen LogP contribution in [0, 0.1) is 0 Å². The van der Waals surface area contributed by atoms with E-state index < -0.39 is 0 Å². The van der Waals surface area contributed by atoms with Gasteiger partial charge in [-0.05, 0) is 38.1 Å². The molecule has 0 atom stereocenters. The summed E-state index contributed by atoms with van der Waals surface area (Å²) in [5.41, 5.74) is 0. The van der Waals surface area contributed by atoms with E-state index in [1.807, 2.05) is 11.9 Å². The van der Waals surface area contributed by atoms with Gasteiger partial charge < -0.3 is 15.0 Å². The normalized spacial score (nSPS) is 15.5. The van der Waals surface area contributed by atoms with E-state index in [-0.39, 0.29) is 24.9 Å². The van der Waals surface area contributed by atoms with Crippen LogP contribution in [0.5, 0.6) is 5.75 Å². The van der Waals surface area contributed by atoms with Crippen molar-refractivity contribution in [3.05, 3.63) is 28.2 Å². The molecule has 0 bridgehead atoms. The molecule has 1 N–H and O–H groups in total. The molecule has 0 spiro atoms. The van der Waals surface area contributed by atoms with Gasteiger partial charge in [-0.3, -0.25) is 4.79 Å². The lowest BCUT2D eigenvalue weighted by Gasteiger charge is -2.31. The van der Waals surface area contributed by atoms with Gasteiger partial charge in [-0.25, -0.2) is 0 Å². The molecule has 21 heavy (non-hydrogen) atoms. The number of halogens is 3. The zero-order chi connectivity index (χ0) is 14.5. The number of hydrogen-bond acceptors (Lipinski definition) is 3. The van der Waals surface area contributed by atoms with Crippen molar-refractivity contribution in [3.63, 3.8) is 0 Å². The van der Waals surface area contributed by atoms with Gasteiger partial charge in [0.25, 0.3) is 5.91 Å². The van der Waals surface area contributed by atoms with Crippen molar-refractivity contribution in [2.24, 2.45) is 0 Å². The zero-order valence-corrected chi connectivity index (χ0v) is 14.1. The van der Waals surface area contributed by atoms with Crippen LogP contribution in [0.3, 0.4) is 0 Å². The second kappa shape index (κ2) is 8.69. The van der Waals surface area contributed by atoms with Crippen LogP contribution in [0.2, 0.25) is 10.0 Å². The summed E-state index contributed by atoms with van der Waals surface area (Å²) in [7, 11) is 1.95. The Morgan fingerprint density at radius 2 is 2.05 bits per heavy atom. The van der Waals surface area contributed by atoms with E-state index in [1.165, 1.54) is 0 Å². The Kier molecular flexibility index (Phi) is 7.60. The first kappa shape index (κ1) is 18.4. The highest BCUT2D eigenvalue weighted by molar-refractivity contribution is 6.35. The first-order chi connectivity index (χ1) is 9.60. The second-order valence-electron chi connectivity index (χ2n) is 4.81. The van der Waals surface area contributed by atoms with Gasteiger partial charge in [0.1, 0.15) is 5.75 Å². The standard InChI is InChI=1S/C14H18Cl2N2O2.ClH/c1-17-11-4-6-18(7-5-11)14(19)9-20-13-3-2-10(15)8-12(13)16;/h2-3,8,11,17H,4-7,9H2,1H3;1H. The molecule has 1 saturated heterocycles. The summed E-state index contributed by atoms with van der Waals surface area (Å²) in [6, 6.07) is 5.46. The smallest absolute Gasteiger partial charge is 0.260 e. The summed E-state index contributed by atoms with van der Waals surface area (Å²) < 4.78 is 5.46. The van der Waals surface area contributed by atoms with Gasteiger partial charge in [0.15, 0.2) is 6.61 Å². The maximum absolute atomic E-state index is 12.1. The SMILES string of the molecule is CNC1CCN(C(=O)COc2ccc(Cl)cc2Cl)CC1.Cl. The molecular weight excluding hydrogens is 335 g/mol. The van der Waals surface area contributed by atoms with Crippen molar-refractivity contribution in [3.8, 4) is 5.75 Å². The number of benzene rings is 1. The number of nitrogens with one attached hydrogen (secondary N) is 1. The summed E-state index contributed by atoms with van der Waals surface area (Å²) in [5, 5.41) is 4.19. The number of ether oxygens (including phenoxy) is 1. The van der Waals surface area contributed by atoms with E-state index in [0.717, 1.165) is 25.9 Å². The second-order valence-corrected chi connectivity index (χ2v) is 5.65. The summed E-state index contributed by atoms with van der Waals surface area (Å²) >= 11 is 11.8. The molecule has 118 valence electrons. The van der Waals surface area contributed by atoms with Crippen molar-refractivity contribution in [1.29, 1.82) is 0 Å². The van der Waals surface area contributed by atoms with Gasteiger partial charge in [-0.15, -0.1) is 12.4 Å². The average molecular weight is 354 g/mol. The average Bonchev–Trinajstić information content (AvgIpc) is 2.46. The number of amides is 1. The fraction of sp³-hybridized carbons (Fsp3) is 0.500. The quantitative estimate of drug-likeness (QED) is 0.905. The van der Waals surface area contributed by atoms with Gasteiger partial charge in [0.05, 0.1) is 5.02 Å². The van der Waals surface area contributed by atoms with E-state index in [0.29, 0.717) is 21.8 Å². The predicted octanol–water partition coefficient (Wildman–Crippen LogP) is 3.00. The number of hydrogen-bond donors (Lipinski definition) is 1. The van der Waals surface area contributed by atoms with E-state index in [1.54, 1.807) is 18.2 Å². The molecule has 2 rings (SSSR count). The molecule has 1 aromatic rings. The third-order valence-electron chi connectivity index (χ3n) is 3.50. The Morgan fingerprint density at radius 3 is 2.62 bits per heavy atom. The molecule has 0 radical (unpaired) electrons. The van der Waals surface area contributed by atoms with E-state index in [9.17, 15) is 4.79 Å². The van der Waals surface area contributed by atoms with E-state index in [2.05, 4.69) is 5.32 Å². The molecule has 1 heterocycles. The van der Waals surface area contributed by atoms with E-state index in [4.69, 9.17) is 27.9 Å². The fourth-order valence-electron chi connectivity index (χ4n) is 2.24. The molecule has 0 unspecified atom stereocenters. The number of rotatable bonds is 4. The molecule has 0 aliphatic carbocycles. The first-order valence-corrected chi connectivity index (χ1v) is 7.38. The number of piperidine rings is 1. The van der Waals surface area contributed by atoms with Crippen LogP contribution in [-0.2, 0) is 4.79 Å². The van der Waals surface area contributed by atoms with Crippen molar-refractivity contribution in [2.75, 3.05) is 26.7 Å². The third-order valence-corrected chi connectivity index (χ3v) is 4.03. The highest BCUT2D eigenvalue weighted by Gasteiger charge is 2.22. The van der Waals surface area contributed by atoms with Crippen LogP contribution in [0.4, 0.5) is 0 Å². The van der Waals surface area contributed by atoms with Crippen LogP contribution >= 0.6 is 35.6 Å². The summed E-state index contributed by atoms with van der Waals surface area (Å²) in [6.07, 6.45) is 1.95. The molecule has 1 aromatic carbocycles. The van der Waals surface area contributed by atoms with Crippen molar-refractivity contribution >= 4 is 41.5 Å². The van der Waals surface area contributed by atoms with Crippen LogP contribution in [-0.4, -0.2) is 43.6 Å². The highest BCUT2D eigenvalue weighted by atomic mass is 35.5. The molecule has 7 heteroatoms. The first-order valence-electron chi connectivity index (χ1n) is 6.63. The monoisotopic (exact) mass is 352 g/mol. The van der Waals surface area contributed by atoms with Crippen LogP contribution in [0.1, 0.15) is 12.8 Å². The van der Waals surface area contributed by atoms with Gasteiger partial charge in [-0.1, -0.05) is 23.2 Å². The van der Waals surface area contributed by atoms with Crippen molar-refractivity contribution in [2.45, 2.75) is 18.9 Å². The molecular formula is C14H19Cl3N2O2. The number of carbonyl (C=O) groups excluding carboxylic acids is 1. The zero-order valence-electron chi connectivity index (χ0n) is 11.8. The molecule has 1 amide bonds. The minimum absolute atomic E-state index is 0. The van der Waals surface area contributed by atoms with Crippen molar-refractivity contribution in [1.82, 2.24) is 10.2 Å². The highest BCUT2D eigenvalue weighted by Crippen LogP contribution is 2.27. The number of likely N-dealkylation sites (tertiary alicyclic amines) is 1. The summed E-state index contributed by atoms with van der Waals surface area (Å²) in [5.74, 6) is 0.472. The third kappa shape index (κ3) is 5.22. The molecule has 1 aliphatic rings. The Labute approximate surface area is 141 Å². The minimum Gasteiger partial charge on any atom is -0.482 e. The van der Waals surface area contributed by atoms with Gasteiger partial charge in [0, 0.05) is 24.2 Å². The van der Waals surface area contributed by atoms with Crippen LogP contribution < -0.4 is 10.1 Å². The molecule has 0 aromatic heterocycles. The van der Waals surface area contributed by atoms with E-state index >= 15 is 0 Å². The molecule has 4 nitrogen and oxygen atoms in total. The summed E-state index contributed by atoms with van der Waals surface area (Å²) in [6.45, 7) is 1.54. The topological polar surface area (TPSA) is 41.6 Å². The molecule has 1 fully saturated rings. The van der Waals surface area contributed by atoms with Gasteiger partial charge in [0.2, 0.25) is 0 Å².